The van der Waals surface area contributed by atoms with Crippen LogP contribution >= 0.6 is 8.25 Å². The average molecular weight is 348 g/mol. The number of hydrogen-bond acceptors (Lipinski definition) is 3. The Hall–Kier alpha value is 0.0200. The van der Waals surface area contributed by atoms with Gasteiger partial charge in [-0.25, -0.2) is 0 Å². The molecule has 3 nitrogen and oxygen atoms in total. The molecule has 0 aliphatic heterocycles. The van der Waals surface area contributed by atoms with Crippen molar-refractivity contribution in [1.29, 1.82) is 0 Å². The summed E-state index contributed by atoms with van der Waals surface area (Å²) < 4.78 is 22.0. The average Bonchev–Trinajstić information content (AvgIpc) is 2.55. The van der Waals surface area contributed by atoms with E-state index < -0.39 is 8.25 Å². The van der Waals surface area contributed by atoms with Gasteiger partial charge < -0.3 is 0 Å². The summed E-state index contributed by atoms with van der Waals surface area (Å²) in [4.78, 5) is 0. The van der Waals surface area contributed by atoms with Gasteiger partial charge in [-0.2, -0.15) is 0 Å². The molecule has 0 spiro atoms. The van der Waals surface area contributed by atoms with Crippen molar-refractivity contribution in [2.24, 2.45) is 0 Å². The Morgan fingerprint density at radius 1 is 0.522 bits per heavy atom. The second kappa shape index (κ2) is 20.1. The van der Waals surface area contributed by atoms with Gasteiger partial charge in [-0.05, 0) is 12.8 Å². The van der Waals surface area contributed by atoms with Gasteiger partial charge in [-0.3, -0.25) is 0 Å². The van der Waals surface area contributed by atoms with Crippen molar-refractivity contribution in [1.82, 2.24) is 0 Å². The van der Waals surface area contributed by atoms with Crippen LogP contribution in [0.4, 0.5) is 0 Å². The normalized spacial score (nSPS) is 11.8. The van der Waals surface area contributed by atoms with Gasteiger partial charge in [0.2, 0.25) is 0 Å². The third-order valence-corrected chi connectivity index (χ3v) is 4.93. The van der Waals surface area contributed by atoms with Crippen LogP contribution in [0.2, 0.25) is 0 Å². The molecule has 0 N–H and O–H groups in total. The van der Waals surface area contributed by atoms with E-state index in [1.54, 1.807) is 0 Å². The molecule has 0 aliphatic rings. The largest absolute Gasteiger partial charge is 0.697 e. The maximum atomic E-state index is 11.5. The van der Waals surface area contributed by atoms with Gasteiger partial charge in [0.05, 0.1) is 0 Å². The molecule has 0 bridgehead atoms. The summed E-state index contributed by atoms with van der Waals surface area (Å²) in [6.07, 6.45) is 18.9. The van der Waals surface area contributed by atoms with Crippen LogP contribution in [0.25, 0.3) is 0 Å². The fraction of sp³-hybridized carbons (Fsp3) is 1.00. The Bertz CT molecular complexity index is 247. The maximum Gasteiger partial charge on any atom is 0.697 e. The monoisotopic (exact) mass is 347 g/mol. The fourth-order valence-electron chi connectivity index (χ4n) is 2.61. The Morgan fingerprint density at radius 2 is 0.826 bits per heavy atom. The van der Waals surface area contributed by atoms with E-state index in [1.165, 1.54) is 83.5 Å². The first kappa shape index (κ1) is 23.0. The summed E-state index contributed by atoms with van der Waals surface area (Å²) in [7, 11) is -1.89. The third-order valence-electron chi connectivity index (χ3n) is 4.14. The van der Waals surface area contributed by atoms with Crippen LogP contribution in [0.3, 0.4) is 0 Å². The summed E-state index contributed by atoms with van der Waals surface area (Å²) >= 11 is 0. The number of rotatable bonds is 19. The Kier molecular flexibility index (Phi) is 20.1. The molecule has 1 atom stereocenters. The Morgan fingerprint density at radius 3 is 1.17 bits per heavy atom. The van der Waals surface area contributed by atoms with Gasteiger partial charge in [0.1, 0.15) is 13.2 Å². The van der Waals surface area contributed by atoms with Crippen molar-refractivity contribution in [3.05, 3.63) is 0 Å². The van der Waals surface area contributed by atoms with E-state index in [2.05, 4.69) is 13.8 Å². The molecule has 23 heavy (non-hydrogen) atoms. The van der Waals surface area contributed by atoms with E-state index in [0.29, 0.717) is 13.2 Å². The molecule has 1 unspecified atom stereocenters. The highest BCUT2D eigenvalue weighted by Gasteiger charge is 2.18. The van der Waals surface area contributed by atoms with Gasteiger partial charge in [-0.15, -0.1) is 9.05 Å². The number of unbranched alkanes of at least 4 members (excludes halogenated alkanes) is 13. The zero-order valence-corrected chi connectivity index (χ0v) is 16.6. The molecule has 0 fully saturated rings. The van der Waals surface area contributed by atoms with Crippen LogP contribution in [-0.2, 0) is 13.6 Å². The molecule has 0 aromatic rings. The quantitative estimate of drug-likeness (QED) is 0.178. The molecule has 138 valence electrons. The highest BCUT2D eigenvalue weighted by atomic mass is 31.1. The lowest BCUT2D eigenvalue weighted by Gasteiger charge is -2.00. The summed E-state index contributed by atoms with van der Waals surface area (Å²) in [5.74, 6) is 0. The van der Waals surface area contributed by atoms with Crippen molar-refractivity contribution < 1.29 is 13.6 Å². The van der Waals surface area contributed by atoms with Gasteiger partial charge in [0.25, 0.3) is 0 Å². The van der Waals surface area contributed by atoms with Crippen LogP contribution in [0.5, 0.6) is 0 Å². The summed E-state index contributed by atoms with van der Waals surface area (Å²) in [6, 6.07) is 0. The first-order valence-corrected chi connectivity index (χ1v) is 11.1. The second-order valence-electron chi connectivity index (χ2n) is 6.49. The molecular weight excluding hydrogens is 307 g/mol. The molecule has 0 amide bonds. The summed E-state index contributed by atoms with van der Waals surface area (Å²) in [5.41, 5.74) is 0. The van der Waals surface area contributed by atoms with Gasteiger partial charge in [0, 0.05) is 4.57 Å². The molecule has 0 saturated heterocycles. The van der Waals surface area contributed by atoms with Crippen LogP contribution in [-0.4, -0.2) is 13.2 Å². The zero-order chi connectivity index (χ0) is 17.0. The van der Waals surface area contributed by atoms with Crippen LogP contribution in [0, 0.1) is 0 Å². The molecule has 0 aromatic heterocycles. The van der Waals surface area contributed by atoms with Crippen LogP contribution in [0.15, 0.2) is 0 Å². The number of hydrogen-bond donors (Lipinski definition) is 0. The second-order valence-corrected chi connectivity index (χ2v) is 7.45. The van der Waals surface area contributed by atoms with E-state index in [0.717, 1.165) is 12.8 Å². The van der Waals surface area contributed by atoms with Gasteiger partial charge in [0.15, 0.2) is 0 Å². The first-order valence-electron chi connectivity index (χ1n) is 10.0. The zero-order valence-electron chi connectivity index (χ0n) is 15.7. The molecule has 0 radical (unpaired) electrons. The first-order chi connectivity index (χ1) is 11.3. The minimum atomic E-state index is -1.89. The third kappa shape index (κ3) is 20.0. The summed E-state index contributed by atoms with van der Waals surface area (Å²) in [5, 5.41) is 0. The molecule has 0 aromatic carbocycles. The van der Waals surface area contributed by atoms with Crippen LogP contribution < -0.4 is 0 Å². The Balaban J connectivity index is 3.13. The topological polar surface area (TPSA) is 35.5 Å². The maximum absolute atomic E-state index is 11.5. The minimum Gasteiger partial charge on any atom is -0.119 e. The van der Waals surface area contributed by atoms with Crippen molar-refractivity contribution >= 4 is 8.25 Å². The minimum absolute atomic E-state index is 0.569. The van der Waals surface area contributed by atoms with Crippen molar-refractivity contribution in [3.63, 3.8) is 0 Å². The van der Waals surface area contributed by atoms with Crippen molar-refractivity contribution in [2.45, 2.75) is 110 Å². The van der Waals surface area contributed by atoms with E-state index in [1.807, 2.05) is 0 Å². The van der Waals surface area contributed by atoms with E-state index in [-0.39, 0.29) is 0 Å². The molecular formula is C19H40O3P+. The highest BCUT2D eigenvalue weighted by Crippen LogP contribution is 2.24. The smallest absolute Gasteiger partial charge is 0.119 e. The predicted molar refractivity (Wildman–Crippen MR) is 100 cm³/mol. The Labute approximate surface area is 145 Å². The highest BCUT2D eigenvalue weighted by molar-refractivity contribution is 7.33. The lowest BCUT2D eigenvalue weighted by molar-refractivity contribution is 0.218. The SMILES string of the molecule is CCCCCCCCCCCO[P+](=O)OCCCCCCCC. The molecule has 0 saturated carbocycles. The van der Waals surface area contributed by atoms with E-state index >= 15 is 0 Å². The van der Waals surface area contributed by atoms with E-state index in [4.69, 9.17) is 9.05 Å². The molecule has 0 aliphatic carbocycles. The lowest BCUT2D eigenvalue weighted by Crippen LogP contribution is -1.92. The van der Waals surface area contributed by atoms with Crippen LogP contribution in [0.1, 0.15) is 110 Å². The summed E-state index contributed by atoms with van der Waals surface area (Å²) in [6.45, 7) is 5.61. The predicted octanol–water partition coefficient (Wildman–Crippen LogP) is 7.57. The molecule has 0 heterocycles. The van der Waals surface area contributed by atoms with Gasteiger partial charge >= 0.3 is 8.25 Å². The van der Waals surface area contributed by atoms with Crippen molar-refractivity contribution in [2.75, 3.05) is 13.2 Å². The fourth-order valence-corrected chi connectivity index (χ4v) is 3.24. The van der Waals surface area contributed by atoms with Gasteiger partial charge in [-0.1, -0.05) is 97.3 Å². The standard InChI is InChI=1S/C19H40O3P/c1-3-5-7-9-11-12-13-15-17-19-22-23(20)21-18-16-14-10-8-6-4-2/h3-19H2,1-2H3/q+1. The van der Waals surface area contributed by atoms with Crippen molar-refractivity contribution in [3.8, 4) is 0 Å². The molecule has 4 heteroatoms. The van der Waals surface area contributed by atoms with E-state index in [9.17, 15) is 4.57 Å². The lowest BCUT2D eigenvalue weighted by atomic mass is 10.1. The molecule has 0 rings (SSSR count).